The molecule has 1 N–H and O–H groups in total. The van der Waals surface area contributed by atoms with Gasteiger partial charge < -0.3 is 4.90 Å². The molecule has 5 nitrogen and oxygen atoms in total. The molecule has 0 radical (unpaired) electrons. The van der Waals surface area contributed by atoms with Crippen LogP contribution < -0.4 is 4.72 Å². The number of hydrogen-bond donors (Lipinski definition) is 1. The van der Waals surface area contributed by atoms with E-state index in [0.717, 1.165) is 10.9 Å². The second-order valence-electron chi connectivity index (χ2n) is 4.36. The maximum Gasteiger partial charge on any atom is 0.240 e. The first-order chi connectivity index (χ1) is 9.36. The van der Waals surface area contributed by atoms with Crippen LogP contribution in [0.1, 0.15) is 20.3 Å². The van der Waals surface area contributed by atoms with E-state index >= 15 is 0 Å². The van der Waals surface area contributed by atoms with E-state index in [-0.39, 0.29) is 17.3 Å². The number of hydrogen-bond acceptors (Lipinski definition) is 3. The summed E-state index contributed by atoms with van der Waals surface area (Å²) in [6, 6.07) is 6.41. The zero-order chi connectivity index (χ0) is 15.2. The Bertz CT molecular complexity index is 543. The van der Waals surface area contributed by atoms with Gasteiger partial charge in [0.2, 0.25) is 15.9 Å². The molecule has 0 saturated carbocycles. The van der Waals surface area contributed by atoms with Crippen molar-refractivity contribution in [3.05, 3.63) is 28.7 Å². The Morgan fingerprint density at radius 2 is 1.85 bits per heavy atom. The average molecular weight is 363 g/mol. The van der Waals surface area contributed by atoms with Gasteiger partial charge in [-0.15, -0.1) is 0 Å². The minimum Gasteiger partial charge on any atom is -0.342 e. The predicted molar refractivity (Wildman–Crippen MR) is 81.9 cm³/mol. The number of carbonyl (C=O) groups is 1. The summed E-state index contributed by atoms with van der Waals surface area (Å²) >= 11 is 3.26. The molecule has 7 heteroatoms. The highest BCUT2D eigenvalue weighted by Crippen LogP contribution is 2.14. The van der Waals surface area contributed by atoms with Crippen molar-refractivity contribution in [2.75, 3.05) is 19.6 Å². The van der Waals surface area contributed by atoms with Crippen molar-refractivity contribution in [3.63, 3.8) is 0 Å². The Morgan fingerprint density at radius 1 is 1.25 bits per heavy atom. The summed E-state index contributed by atoms with van der Waals surface area (Å²) in [7, 11) is -3.52. The summed E-state index contributed by atoms with van der Waals surface area (Å²) in [5.41, 5.74) is 0. The molecule has 1 aromatic carbocycles. The molecule has 0 aliphatic carbocycles. The number of rotatable bonds is 7. The second-order valence-corrected chi connectivity index (χ2v) is 7.04. The molecule has 0 aromatic heterocycles. The van der Waals surface area contributed by atoms with E-state index in [1.54, 1.807) is 17.0 Å². The van der Waals surface area contributed by atoms with Crippen LogP contribution >= 0.6 is 15.9 Å². The summed E-state index contributed by atoms with van der Waals surface area (Å²) in [5, 5.41) is 0. The quantitative estimate of drug-likeness (QED) is 0.806. The highest BCUT2D eigenvalue weighted by atomic mass is 79.9. The van der Waals surface area contributed by atoms with Gasteiger partial charge in [0.05, 0.1) is 4.90 Å². The van der Waals surface area contributed by atoms with E-state index in [0.29, 0.717) is 13.1 Å². The molecule has 0 aliphatic heterocycles. The summed E-state index contributed by atoms with van der Waals surface area (Å²) in [6.07, 6.45) is 0.846. The number of nitrogens with zero attached hydrogens (tertiary/aromatic N) is 1. The Kier molecular flexibility index (Phi) is 6.64. The number of halogens is 1. The average Bonchev–Trinajstić information content (AvgIpc) is 2.38. The van der Waals surface area contributed by atoms with E-state index in [4.69, 9.17) is 0 Å². The van der Waals surface area contributed by atoms with Crippen molar-refractivity contribution >= 4 is 31.9 Å². The smallest absolute Gasteiger partial charge is 0.240 e. The normalized spacial score (nSPS) is 11.3. The maximum atomic E-state index is 12.0. The highest BCUT2D eigenvalue weighted by Gasteiger charge is 2.14. The van der Waals surface area contributed by atoms with Crippen LogP contribution in [0.25, 0.3) is 0 Å². The lowest BCUT2D eigenvalue weighted by atomic mass is 10.4. The largest absolute Gasteiger partial charge is 0.342 e. The lowest BCUT2D eigenvalue weighted by Gasteiger charge is -2.20. The number of nitrogens with one attached hydrogen (secondary N) is 1. The lowest BCUT2D eigenvalue weighted by Crippen LogP contribution is -2.37. The van der Waals surface area contributed by atoms with E-state index in [1.165, 1.54) is 19.1 Å². The van der Waals surface area contributed by atoms with Crippen molar-refractivity contribution in [1.29, 1.82) is 0 Å². The maximum absolute atomic E-state index is 12.0. The third-order valence-electron chi connectivity index (χ3n) is 2.74. The van der Waals surface area contributed by atoms with Crippen LogP contribution in [0.3, 0.4) is 0 Å². The fourth-order valence-corrected chi connectivity index (χ4v) is 2.99. The molecular weight excluding hydrogens is 344 g/mol. The van der Waals surface area contributed by atoms with Crippen LogP contribution in [0, 0.1) is 0 Å². The van der Waals surface area contributed by atoms with Crippen molar-refractivity contribution in [2.45, 2.75) is 25.2 Å². The third kappa shape index (κ3) is 5.22. The van der Waals surface area contributed by atoms with Crippen LogP contribution in [0.5, 0.6) is 0 Å². The zero-order valence-electron chi connectivity index (χ0n) is 11.6. The van der Waals surface area contributed by atoms with Crippen LogP contribution in [0.2, 0.25) is 0 Å². The molecule has 112 valence electrons. The molecule has 20 heavy (non-hydrogen) atoms. The first-order valence-electron chi connectivity index (χ1n) is 6.37. The monoisotopic (exact) mass is 362 g/mol. The van der Waals surface area contributed by atoms with Crippen molar-refractivity contribution < 1.29 is 13.2 Å². The summed E-state index contributed by atoms with van der Waals surface area (Å²) in [4.78, 5) is 13.2. The second kappa shape index (κ2) is 7.75. The van der Waals surface area contributed by atoms with E-state index in [2.05, 4.69) is 20.7 Å². The van der Waals surface area contributed by atoms with Gasteiger partial charge in [0.25, 0.3) is 0 Å². The fraction of sp³-hybridized carbons (Fsp3) is 0.462. The van der Waals surface area contributed by atoms with Crippen molar-refractivity contribution in [3.8, 4) is 0 Å². The van der Waals surface area contributed by atoms with Gasteiger partial charge in [0.1, 0.15) is 0 Å². The third-order valence-corrected chi connectivity index (χ3v) is 4.74. The molecule has 0 heterocycles. The van der Waals surface area contributed by atoms with Gasteiger partial charge in [-0.3, -0.25) is 4.79 Å². The van der Waals surface area contributed by atoms with Gasteiger partial charge in [-0.1, -0.05) is 22.9 Å². The van der Waals surface area contributed by atoms with E-state index in [9.17, 15) is 13.2 Å². The first kappa shape index (κ1) is 17.1. The standard InChI is InChI=1S/C13H19BrN2O3S/c1-3-9-16(11(2)17)10-8-15-20(18,19)13-6-4-12(14)5-7-13/h4-7,15H,3,8-10H2,1-2H3. The zero-order valence-corrected chi connectivity index (χ0v) is 14.0. The molecule has 0 unspecified atom stereocenters. The number of carbonyl (C=O) groups excluding carboxylic acids is 1. The van der Waals surface area contributed by atoms with Gasteiger partial charge in [-0.25, -0.2) is 13.1 Å². The molecule has 1 rings (SSSR count). The molecular formula is C13H19BrN2O3S. The van der Waals surface area contributed by atoms with Gasteiger partial charge in [-0.2, -0.15) is 0 Å². The molecule has 0 bridgehead atoms. The molecule has 1 aromatic rings. The molecule has 0 aliphatic rings. The molecule has 0 spiro atoms. The number of sulfonamides is 1. The van der Waals surface area contributed by atoms with Crippen LogP contribution in [-0.2, 0) is 14.8 Å². The SMILES string of the molecule is CCCN(CCNS(=O)(=O)c1ccc(Br)cc1)C(C)=O. The van der Waals surface area contributed by atoms with Crippen molar-refractivity contribution in [2.24, 2.45) is 0 Å². The minimum atomic E-state index is -3.52. The van der Waals surface area contributed by atoms with Crippen LogP contribution in [0.4, 0.5) is 0 Å². The predicted octanol–water partition coefficient (Wildman–Crippen LogP) is 1.99. The molecule has 0 atom stereocenters. The highest BCUT2D eigenvalue weighted by molar-refractivity contribution is 9.10. The summed E-state index contributed by atoms with van der Waals surface area (Å²) < 4.78 is 27.4. The summed E-state index contributed by atoms with van der Waals surface area (Å²) in [6.45, 7) is 4.67. The Labute approximate surface area is 128 Å². The molecule has 1 amide bonds. The van der Waals surface area contributed by atoms with Gasteiger partial charge >= 0.3 is 0 Å². The molecule has 0 saturated heterocycles. The minimum absolute atomic E-state index is 0.0466. The van der Waals surface area contributed by atoms with Crippen LogP contribution in [-0.4, -0.2) is 38.9 Å². The first-order valence-corrected chi connectivity index (χ1v) is 8.65. The molecule has 0 fully saturated rings. The van der Waals surface area contributed by atoms with E-state index in [1.807, 2.05) is 6.92 Å². The van der Waals surface area contributed by atoms with Gasteiger partial charge in [0.15, 0.2) is 0 Å². The van der Waals surface area contributed by atoms with Crippen LogP contribution in [0.15, 0.2) is 33.6 Å². The topological polar surface area (TPSA) is 66.5 Å². The Balaban J connectivity index is 2.59. The Hall–Kier alpha value is -0.920. The lowest BCUT2D eigenvalue weighted by molar-refractivity contribution is -0.128. The fourth-order valence-electron chi connectivity index (χ4n) is 1.71. The number of benzene rings is 1. The van der Waals surface area contributed by atoms with Gasteiger partial charge in [-0.05, 0) is 30.7 Å². The number of amides is 1. The van der Waals surface area contributed by atoms with Crippen molar-refractivity contribution in [1.82, 2.24) is 9.62 Å². The van der Waals surface area contributed by atoms with Gasteiger partial charge in [0, 0.05) is 31.0 Å². The van der Waals surface area contributed by atoms with E-state index < -0.39 is 10.0 Å². The summed E-state index contributed by atoms with van der Waals surface area (Å²) in [5.74, 6) is -0.0466. The Morgan fingerprint density at radius 3 is 2.35 bits per heavy atom.